The molecule has 2 aromatic carbocycles. The molecule has 1 aromatic heterocycles. The van der Waals surface area contributed by atoms with E-state index in [1.54, 1.807) is 32.9 Å². The minimum atomic E-state index is 0.768. The van der Waals surface area contributed by atoms with E-state index >= 15 is 0 Å². The molecule has 1 heterocycles. The quantitative estimate of drug-likeness (QED) is 0.572. The van der Waals surface area contributed by atoms with Crippen molar-refractivity contribution in [3.05, 3.63) is 53.6 Å². The predicted octanol–water partition coefficient (Wildman–Crippen LogP) is 5.75. The van der Waals surface area contributed by atoms with Gasteiger partial charge < -0.3 is 0 Å². The monoisotopic (exact) mass is 309 g/mol. The Kier molecular flexibility index (Phi) is 3.80. The molecule has 5 heteroatoms. The molecule has 0 N–H and O–H groups in total. The highest BCUT2D eigenvalue weighted by Gasteiger charge is 2.04. The first kappa shape index (κ1) is 12.4. The summed E-state index contributed by atoms with van der Waals surface area (Å²) in [7, 11) is 3.39. The normalized spacial score (nSPS) is 10.9. The summed E-state index contributed by atoms with van der Waals surface area (Å²) in [6, 6.07) is 16.1. The molecule has 0 atom stereocenters. The van der Waals surface area contributed by atoms with Crippen molar-refractivity contribution in [2.75, 3.05) is 0 Å². The average molecular weight is 310 g/mol. The van der Waals surface area contributed by atoms with Gasteiger partial charge in [-0.25, -0.2) is 4.98 Å². The number of hydrogen-bond donors (Lipinski definition) is 0. The van der Waals surface area contributed by atoms with Crippen molar-refractivity contribution in [1.82, 2.24) is 4.98 Å². The zero-order chi connectivity index (χ0) is 12.4. The summed E-state index contributed by atoms with van der Waals surface area (Å²) < 4.78 is 2.31. The van der Waals surface area contributed by atoms with Gasteiger partial charge >= 0.3 is 0 Å². The van der Waals surface area contributed by atoms with Crippen molar-refractivity contribution >= 4 is 54.7 Å². The van der Waals surface area contributed by atoms with E-state index in [2.05, 4.69) is 11.1 Å². The number of halogens is 1. The van der Waals surface area contributed by atoms with E-state index in [4.69, 9.17) is 11.6 Å². The van der Waals surface area contributed by atoms with Gasteiger partial charge in [0.15, 0.2) is 4.34 Å². The van der Waals surface area contributed by atoms with E-state index in [-0.39, 0.29) is 0 Å². The molecular formula is C13H8ClNS3. The molecule has 3 aromatic rings. The molecule has 0 radical (unpaired) electrons. The van der Waals surface area contributed by atoms with Crippen molar-refractivity contribution in [3.8, 4) is 0 Å². The van der Waals surface area contributed by atoms with Crippen LogP contribution in [0.1, 0.15) is 0 Å². The smallest absolute Gasteiger partial charge is 0.162 e. The summed E-state index contributed by atoms with van der Waals surface area (Å²) in [5.41, 5.74) is 1.07. The first-order valence-corrected chi connectivity index (χ1v) is 8.61. The first-order valence-electron chi connectivity index (χ1n) is 5.27. The van der Waals surface area contributed by atoms with Crippen LogP contribution in [0.25, 0.3) is 10.2 Å². The highest BCUT2D eigenvalue weighted by Crippen LogP contribution is 2.40. The molecule has 90 valence electrons. The molecule has 0 aliphatic carbocycles. The van der Waals surface area contributed by atoms with Gasteiger partial charge in [-0.05, 0) is 47.2 Å². The lowest BCUT2D eigenvalue weighted by Crippen LogP contribution is -1.68. The second kappa shape index (κ2) is 5.53. The molecule has 0 unspecified atom stereocenters. The molecule has 3 rings (SSSR count). The van der Waals surface area contributed by atoms with Crippen LogP contribution in [0.3, 0.4) is 0 Å². The van der Waals surface area contributed by atoms with Crippen LogP contribution in [-0.4, -0.2) is 4.98 Å². The summed E-state index contributed by atoms with van der Waals surface area (Å²) in [5, 5.41) is 0.768. The van der Waals surface area contributed by atoms with Crippen molar-refractivity contribution in [3.63, 3.8) is 0 Å². The average Bonchev–Trinajstić information content (AvgIpc) is 2.81. The Labute approximate surface area is 122 Å². The molecule has 0 saturated carbocycles. The second-order valence-electron chi connectivity index (χ2n) is 3.57. The number of aromatic nitrogens is 1. The minimum Gasteiger partial charge on any atom is -0.229 e. The first-order chi connectivity index (χ1) is 8.81. The summed E-state index contributed by atoms with van der Waals surface area (Å²) in [5.74, 6) is 0. The Morgan fingerprint density at radius 3 is 2.50 bits per heavy atom. The van der Waals surface area contributed by atoms with E-state index in [1.807, 2.05) is 42.5 Å². The van der Waals surface area contributed by atoms with Crippen molar-refractivity contribution < 1.29 is 0 Å². The standard InChI is InChI=1S/C13H8ClNS3/c14-9-5-7-10(8-6-9)17-18-13-15-11-3-1-2-4-12(11)16-13/h1-8H. The maximum Gasteiger partial charge on any atom is 0.162 e. The van der Waals surface area contributed by atoms with Crippen molar-refractivity contribution in [1.29, 1.82) is 0 Å². The van der Waals surface area contributed by atoms with E-state index in [9.17, 15) is 0 Å². The number of para-hydroxylation sites is 1. The van der Waals surface area contributed by atoms with Gasteiger partial charge in [0.25, 0.3) is 0 Å². The van der Waals surface area contributed by atoms with Gasteiger partial charge in [-0.2, -0.15) is 0 Å². The maximum absolute atomic E-state index is 5.86. The molecule has 0 aliphatic heterocycles. The third kappa shape index (κ3) is 2.83. The summed E-state index contributed by atoms with van der Waals surface area (Å²) in [6.07, 6.45) is 0. The fourth-order valence-electron chi connectivity index (χ4n) is 1.46. The maximum atomic E-state index is 5.86. The lowest BCUT2D eigenvalue weighted by Gasteiger charge is -1.97. The van der Waals surface area contributed by atoms with Gasteiger partial charge in [0.2, 0.25) is 0 Å². The van der Waals surface area contributed by atoms with Gasteiger partial charge in [-0.15, -0.1) is 11.3 Å². The minimum absolute atomic E-state index is 0.768. The predicted molar refractivity (Wildman–Crippen MR) is 82.8 cm³/mol. The number of rotatable bonds is 3. The highest BCUT2D eigenvalue weighted by molar-refractivity contribution is 8.77. The molecule has 0 fully saturated rings. The molecule has 0 amide bonds. The van der Waals surface area contributed by atoms with Gasteiger partial charge in [0.05, 0.1) is 10.2 Å². The molecule has 0 spiro atoms. The molecule has 0 aliphatic rings. The Hall–Kier alpha value is -0.680. The van der Waals surface area contributed by atoms with Crippen molar-refractivity contribution in [2.24, 2.45) is 0 Å². The van der Waals surface area contributed by atoms with E-state index in [0.29, 0.717) is 0 Å². The fourth-order valence-corrected chi connectivity index (χ4v) is 4.80. The van der Waals surface area contributed by atoms with Gasteiger partial charge in [-0.1, -0.05) is 34.5 Å². The summed E-state index contributed by atoms with van der Waals surface area (Å²) in [6.45, 7) is 0. The second-order valence-corrected chi connectivity index (χ2v) is 7.49. The molecule has 1 nitrogen and oxygen atoms in total. The number of hydrogen-bond acceptors (Lipinski definition) is 4. The molecular weight excluding hydrogens is 302 g/mol. The van der Waals surface area contributed by atoms with Crippen LogP contribution >= 0.6 is 44.5 Å². The highest BCUT2D eigenvalue weighted by atomic mass is 35.5. The van der Waals surface area contributed by atoms with Crippen LogP contribution < -0.4 is 0 Å². The van der Waals surface area contributed by atoms with E-state index in [0.717, 1.165) is 14.9 Å². The van der Waals surface area contributed by atoms with Gasteiger partial charge in [-0.3, -0.25) is 0 Å². The number of benzene rings is 2. The molecule has 18 heavy (non-hydrogen) atoms. The van der Waals surface area contributed by atoms with Gasteiger partial charge in [0, 0.05) is 9.92 Å². The zero-order valence-corrected chi connectivity index (χ0v) is 12.4. The third-order valence-electron chi connectivity index (χ3n) is 2.30. The zero-order valence-electron chi connectivity index (χ0n) is 9.17. The number of nitrogens with zero attached hydrogens (tertiary/aromatic N) is 1. The third-order valence-corrected chi connectivity index (χ3v) is 6.28. The van der Waals surface area contributed by atoms with Crippen LogP contribution in [0.4, 0.5) is 0 Å². The lowest BCUT2D eigenvalue weighted by atomic mass is 10.3. The van der Waals surface area contributed by atoms with E-state index in [1.165, 1.54) is 9.60 Å². The Morgan fingerprint density at radius 2 is 1.72 bits per heavy atom. The van der Waals surface area contributed by atoms with Crippen LogP contribution in [0.2, 0.25) is 5.02 Å². The van der Waals surface area contributed by atoms with E-state index < -0.39 is 0 Å². The number of fused-ring (bicyclic) bond motifs is 1. The van der Waals surface area contributed by atoms with Crippen molar-refractivity contribution in [2.45, 2.75) is 9.24 Å². The Balaban J connectivity index is 1.74. The van der Waals surface area contributed by atoms with Gasteiger partial charge in [0.1, 0.15) is 0 Å². The summed E-state index contributed by atoms with van der Waals surface area (Å²) in [4.78, 5) is 5.76. The van der Waals surface area contributed by atoms with Crippen LogP contribution in [-0.2, 0) is 0 Å². The largest absolute Gasteiger partial charge is 0.229 e. The molecule has 0 bridgehead atoms. The van der Waals surface area contributed by atoms with Crippen LogP contribution in [0.15, 0.2) is 57.8 Å². The molecule has 0 saturated heterocycles. The topological polar surface area (TPSA) is 12.9 Å². The van der Waals surface area contributed by atoms with Crippen LogP contribution in [0, 0.1) is 0 Å². The Morgan fingerprint density at radius 1 is 0.944 bits per heavy atom. The fraction of sp³-hybridized carbons (Fsp3) is 0. The number of thiazole rings is 1. The lowest BCUT2D eigenvalue weighted by molar-refractivity contribution is 1.31. The summed E-state index contributed by atoms with van der Waals surface area (Å²) >= 11 is 7.58. The van der Waals surface area contributed by atoms with Crippen LogP contribution in [0.5, 0.6) is 0 Å². The Bertz CT molecular complexity index is 630. The SMILES string of the molecule is Clc1ccc(SSc2nc3ccccc3s2)cc1.